The minimum atomic E-state index is -3.27. The minimum Gasteiger partial charge on any atom is -0.396 e. The summed E-state index contributed by atoms with van der Waals surface area (Å²) in [7, 11) is -3.27. The molecule has 0 aliphatic heterocycles. The van der Waals surface area contributed by atoms with E-state index in [1.165, 1.54) is 0 Å². The maximum Gasteiger partial charge on any atom is 0.225 e. The molecule has 0 heterocycles. The number of hydrogen-bond donors (Lipinski definition) is 2. The van der Waals surface area contributed by atoms with E-state index in [-0.39, 0.29) is 12.5 Å². The molecule has 0 aromatic rings. The van der Waals surface area contributed by atoms with E-state index in [9.17, 15) is 8.42 Å². The zero-order chi connectivity index (χ0) is 10.3. The maximum absolute atomic E-state index is 10.8. The highest BCUT2D eigenvalue weighted by molar-refractivity contribution is 7.90. The van der Waals surface area contributed by atoms with Gasteiger partial charge in [-0.05, 0) is 18.8 Å². The number of nitrogens with one attached hydrogen (secondary N) is 1. The first-order valence-electron chi connectivity index (χ1n) is 4.16. The van der Waals surface area contributed by atoms with Gasteiger partial charge in [-0.25, -0.2) is 13.1 Å². The lowest BCUT2D eigenvalue weighted by molar-refractivity contribution is 0.228. The van der Waals surface area contributed by atoms with E-state index >= 15 is 0 Å². The second-order valence-electron chi connectivity index (χ2n) is 3.05. The van der Waals surface area contributed by atoms with Crippen molar-refractivity contribution < 1.29 is 13.5 Å². The molecule has 80 valence electrons. The van der Waals surface area contributed by atoms with Crippen LogP contribution in [0.2, 0.25) is 0 Å². The van der Waals surface area contributed by atoms with Crippen molar-refractivity contribution >= 4 is 21.6 Å². The average molecular weight is 230 g/mol. The molecule has 0 saturated carbocycles. The smallest absolute Gasteiger partial charge is 0.225 e. The van der Waals surface area contributed by atoms with Crippen LogP contribution in [0, 0.1) is 5.92 Å². The van der Waals surface area contributed by atoms with E-state index in [1.807, 2.05) is 6.92 Å². The number of aliphatic hydroxyl groups is 1. The van der Waals surface area contributed by atoms with E-state index in [1.54, 1.807) is 0 Å². The topological polar surface area (TPSA) is 66.4 Å². The van der Waals surface area contributed by atoms with Crippen molar-refractivity contribution in [1.82, 2.24) is 4.72 Å². The molecule has 0 aliphatic carbocycles. The fourth-order valence-electron chi connectivity index (χ4n) is 0.808. The van der Waals surface area contributed by atoms with Gasteiger partial charge < -0.3 is 5.11 Å². The molecule has 13 heavy (non-hydrogen) atoms. The Bertz CT molecular complexity index is 218. The lowest BCUT2D eigenvalue weighted by atomic mass is 10.1. The zero-order valence-corrected chi connectivity index (χ0v) is 9.24. The van der Waals surface area contributed by atoms with Crippen molar-refractivity contribution in [2.75, 3.05) is 18.4 Å². The Hall–Kier alpha value is 0.160. The monoisotopic (exact) mass is 229 g/mol. The van der Waals surface area contributed by atoms with Crippen molar-refractivity contribution in [1.29, 1.82) is 0 Å². The third-order valence-electron chi connectivity index (χ3n) is 1.65. The molecule has 2 N–H and O–H groups in total. The normalized spacial score (nSPS) is 14.4. The van der Waals surface area contributed by atoms with Crippen molar-refractivity contribution in [2.24, 2.45) is 5.92 Å². The van der Waals surface area contributed by atoms with Gasteiger partial charge in [0.15, 0.2) is 0 Å². The van der Waals surface area contributed by atoms with Crippen LogP contribution in [0.5, 0.6) is 0 Å². The summed E-state index contributed by atoms with van der Waals surface area (Å²) in [6, 6.07) is 0. The van der Waals surface area contributed by atoms with E-state index < -0.39 is 15.2 Å². The number of halogens is 1. The summed E-state index contributed by atoms with van der Waals surface area (Å²) in [6.07, 6.45) is 1.53. The Morgan fingerprint density at radius 1 is 1.54 bits per heavy atom. The van der Waals surface area contributed by atoms with Crippen LogP contribution >= 0.6 is 11.6 Å². The number of rotatable bonds is 7. The highest BCUT2D eigenvalue weighted by atomic mass is 35.5. The summed E-state index contributed by atoms with van der Waals surface area (Å²) < 4.78 is 24.0. The van der Waals surface area contributed by atoms with Gasteiger partial charge in [-0.1, -0.05) is 6.92 Å². The summed E-state index contributed by atoms with van der Waals surface area (Å²) in [4.78, 5) is 0. The average Bonchev–Trinajstić information content (AvgIpc) is 2.12. The van der Waals surface area contributed by atoms with Gasteiger partial charge in [-0.15, -0.1) is 11.6 Å². The Balaban J connectivity index is 3.47. The fraction of sp³-hybridized carbons (Fsp3) is 1.00. The van der Waals surface area contributed by atoms with E-state index in [0.717, 1.165) is 12.8 Å². The fourth-order valence-corrected chi connectivity index (χ4v) is 1.57. The van der Waals surface area contributed by atoms with E-state index in [0.29, 0.717) is 6.54 Å². The first-order chi connectivity index (χ1) is 6.02. The van der Waals surface area contributed by atoms with Crippen molar-refractivity contribution in [3.05, 3.63) is 0 Å². The second-order valence-corrected chi connectivity index (χ2v) is 5.44. The lowest BCUT2D eigenvalue weighted by Crippen LogP contribution is -2.25. The molecule has 0 radical (unpaired) electrons. The predicted octanol–water partition coefficient (Wildman–Crippen LogP) is 0.511. The molecule has 0 fully saturated rings. The van der Waals surface area contributed by atoms with E-state index in [4.69, 9.17) is 16.7 Å². The Labute approximate surface area is 84.3 Å². The van der Waals surface area contributed by atoms with Crippen LogP contribution in [0.3, 0.4) is 0 Å². The molecule has 0 rings (SSSR count). The second kappa shape index (κ2) is 6.59. The van der Waals surface area contributed by atoms with Crippen LogP contribution in [-0.2, 0) is 10.0 Å². The quantitative estimate of drug-likeness (QED) is 0.494. The number of sulfonamides is 1. The van der Waals surface area contributed by atoms with Gasteiger partial charge >= 0.3 is 0 Å². The van der Waals surface area contributed by atoms with Gasteiger partial charge in [0, 0.05) is 13.2 Å². The highest BCUT2D eigenvalue weighted by Gasteiger charge is 2.06. The maximum atomic E-state index is 10.8. The van der Waals surface area contributed by atoms with Crippen LogP contribution in [0.1, 0.15) is 19.8 Å². The van der Waals surface area contributed by atoms with Crippen molar-refractivity contribution in [2.45, 2.75) is 19.8 Å². The molecule has 0 spiro atoms. The van der Waals surface area contributed by atoms with Crippen LogP contribution in [0.4, 0.5) is 0 Å². The zero-order valence-electron chi connectivity index (χ0n) is 7.66. The largest absolute Gasteiger partial charge is 0.396 e. The minimum absolute atomic E-state index is 0.141. The summed E-state index contributed by atoms with van der Waals surface area (Å²) in [5.41, 5.74) is 0. The summed E-state index contributed by atoms with van der Waals surface area (Å²) in [5, 5.41) is 8.28. The molecule has 0 aliphatic rings. The van der Waals surface area contributed by atoms with Crippen molar-refractivity contribution in [3.63, 3.8) is 0 Å². The lowest BCUT2D eigenvalue weighted by Gasteiger charge is -2.07. The molecule has 0 aromatic carbocycles. The van der Waals surface area contributed by atoms with Crippen LogP contribution < -0.4 is 4.72 Å². The van der Waals surface area contributed by atoms with Crippen LogP contribution in [-0.4, -0.2) is 31.9 Å². The first-order valence-corrected chi connectivity index (χ1v) is 6.34. The third kappa shape index (κ3) is 7.25. The molecule has 1 unspecified atom stereocenters. The van der Waals surface area contributed by atoms with Gasteiger partial charge in [0.25, 0.3) is 0 Å². The molecule has 1 atom stereocenters. The van der Waals surface area contributed by atoms with Crippen LogP contribution in [0.25, 0.3) is 0 Å². The van der Waals surface area contributed by atoms with Gasteiger partial charge in [0.05, 0.1) is 0 Å². The van der Waals surface area contributed by atoms with Gasteiger partial charge in [0.2, 0.25) is 10.0 Å². The SMILES string of the molecule is CC(CO)CCCNS(=O)(=O)CCl. The van der Waals surface area contributed by atoms with Gasteiger partial charge in [0.1, 0.15) is 5.21 Å². The van der Waals surface area contributed by atoms with Gasteiger partial charge in [-0.2, -0.15) is 0 Å². The number of aliphatic hydroxyl groups excluding tert-OH is 1. The predicted molar refractivity (Wildman–Crippen MR) is 53.1 cm³/mol. The molecule has 0 aromatic heterocycles. The summed E-state index contributed by atoms with van der Waals surface area (Å²) >= 11 is 5.17. The molecule has 0 amide bonds. The molecule has 0 saturated heterocycles. The van der Waals surface area contributed by atoms with Crippen molar-refractivity contribution in [3.8, 4) is 0 Å². The Kier molecular flexibility index (Phi) is 6.67. The third-order valence-corrected chi connectivity index (χ3v) is 3.44. The summed E-state index contributed by atoms with van der Waals surface area (Å²) in [5.74, 6) is 0.223. The van der Waals surface area contributed by atoms with E-state index in [2.05, 4.69) is 4.72 Å². The standard InChI is InChI=1S/C7H16ClNO3S/c1-7(5-10)3-2-4-9-13(11,12)6-8/h7,9-10H,2-6H2,1H3. The first kappa shape index (κ1) is 13.2. The highest BCUT2D eigenvalue weighted by Crippen LogP contribution is 2.03. The summed E-state index contributed by atoms with van der Waals surface area (Å²) in [6.45, 7) is 2.44. The molecular formula is C7H16ClNO3S. The van der Waals surface area contributed by atoms with Crippen LogP contribution in [0.15, 0.2) is 0 Å². The Morgan fingerprint density at radius 2 is 2.15 bits per heavy atom. The molecule has 6 heteroatoms. The molecule has 4 nitrogen and oxygen atoms in total. The number of hydrogen-bond acceptors (Lipinski definition) is 3. The van der Waals surface area contributed by atoms with Gasteiger partial charge in [-0.3, -0.25) is 0 Å². The molecule has 0 bridgehead atoms. The molecular weight excluding hydrogens is 214 g/mol. The number of alkyl halides is 1. The Morgan fingerprint density at radius 3 is 2.62 bits per heavy atom.